The molecule has 0 spiro atoms. The Morgan fingerprint density at radius 1 is 0.917 bits per heavy atom. The second-order valence-corrected chi connectivity index (χ2v) is 9.73. The third-order valence-corrected chi connectivity index (χ3v) is 6.92. The second-order valence-electron chi connectivity index (χ2n) is 9.73. The van der Waals surface area contributed by atoms with Gasteiger partial charge in [0.25, 0.3) is 0 Å². The maximum atomic E-state index is 6.14. The van der Waals surface area contributed by atoms with Crippen molar-refractivity contribution in [2.45, 2.75) is 51.8 Å². The Morgan fingerprint density at radius 3 is 2.47 bits per heavy atom. The van der Waals surface area contributed by atoms with Gasteiger partial charge < -0.3 is 18.9 Å². The molecule has 2 heterocycles. The number of hydrogen-bond acceptors (Lipinski definition) is 6. The van der Waals surface area contributed by atoms with E-state index in [0.29, 0.717) is 19.8 Å². The second kappa shape index (κ2) is 12.3. The highest BCUT2D eigenvalue weighted by molar-refractivity contribution is 5.43. The van der Waals surface area contributed by atoms with E-state index in [1.54, 1.807) is 7.11 Å². The van der Waals surface area contributed by atoms with E-state index >= 15 is 0 Å². The van der Waals surface area contributed by atoms with Gasteiger partial charge in [-0.1, -0.05) is 23.8 Å². The van der Waals surface area contributed by atoms with E-state index in [0.717, 1.165) is 61.7 Å². The fraction of sp³-hybridized carbons (Fsp3) is 0.483. The Bertz CT molecular complexity index is 1100. The van der Waals surface area contributed by atoms with Crippen LogP contribution in [-0.2, 0) is 17.8 Å². The Labute approximate surface area is 214 Å². The molecule has 0 bridgehead atoms. The lowest BCUT2D eigenvalue weighted by atomic mass is 9.95. The molecule has 2 aromatic carbocycles. The van der Waals surface area contributed by atoms with E-state index in [1.807, 2.05) is 49.3 Å². The first-order valence-corrected chi connectivity index (χ1v) is 12.7. The van der Waals surface area contributed by atoms with Crippen molar-refractivity contribution in [2.24, 2.45) is 0 Å². The van der Waals surface area contributed by atoms with Crippen LogP contribution < -0.4 is 14.2 Å². The van der Waals surface area contributed by atoms with E-state index in [4.69, 9.17) is 18.9 Å². The monoisotopic (exact) mass is 493 g/mol. The number of likely N-dealkylation sites (tertiary alicyclic amines) is 1. The smallest absolute Gasteiger partial charge is 0.161 e. The quantitative estimate of drug-likeness (QED) is 0.373. The first-order valence-electron chi connectivity index (χ1n) is 12.7. The normalized spacial score (nSPS) is 18.6. The SMILES string of the molecule is COc1ccc(CN2CCCC(COc3ccc(C)cc3)(OC)CC2)cc1OCCn1cc(C)cn1. The van der Waals surface area contributed by atoms with Crippen molar-refractivity contribution in [1.82, 2.24) is 14.7 Å². The first kappa shape index (κ1) is 26.0. The van der Waals surface area contributed by atoms with Crippen molar-refractivity contribution in [3.8, 4) is 17.2 Å². The van der Waals surface area contributed by atoms with Crippen LogP contribution in [0.5, 0.6) is 17.2 Å². The molecule has 1 atom stereocenters. The first-order chi connectivity index (χ1) is 17.5. The van der Waals surface area contributed by atoms with E-state index in [9.17, 15) is 0 Å². The van der Waals surface area contributed by atoms with E-state index in [2.05, 4.69) is 41.2 Å². The number of rotatable bonds is 11. The van der Waals surface area contributed by atoms with Gasteiger partial charge in [-0.15, -0.1) is 0 Å². The van der Waals surface area contributed by atoms with Gasteiger partial charge in [0.1, 0.15) is 24.6 Å². The van der Waals surface area contributed by atoms with Crippen molar-refractivity contribution in [2.75, 3.05) is 40.5 Å². The molecule has 36 heavy (non-hydrogen) atoms. The highest BCUT2D eigenvalue weighted by atomic mass is 16.5. The van der Waals surface area contributed by atoms with E-state index in [-0.39, 0.29) is 5.60 Å². The molecule has 0 N–H and O–H groups in total. The number of benzene rings is 2. The minimum Gasteiger partial charge on any atom is -0.493 e. The standard InChI is InChI=1S/C29H39N3O4/c1-23-6-9-26(10-7-23)36-22-29(34-4)12-5-14-31(15-13-29)21-25-8-11-27(33-3)28(18-25)35-17-16-32-20-24(2)19-30-32/h6-11,18-20H,5,12-17,21-22H2,1-4H3. The average molecular weight is 494 g/mol. The summed E-state index contributed by atoms with van der Waals surface area (Å²) in [5, 5.41) is 4.33. The molecule has 3 aromatic rings. The lowest BCUT2D eigenvalue weighted by Crippen LogP contribution is -2.39. The number of nitrogens with zero attached hydrogens (tertiary/aromatic N) is 3. The fourth-order valence-electron chi connectivity index (χ4n) is 4.67. The number of ether oxygens (including phenoxy) is 4. The minimum atomic E-state index is -0.265. The maximum Gasteiger partial charge on any atom is 0.161 e. The summed E-state index contributed by atoms with van der Waals surface area (Å²) in [6, 6.07) is 14.4. The van der Waals surface area contributed by atoms with Crippen molar-refractivity contribution in [3.05, 3.63) is 71.5 Å². The predicted molar refractivity (Wildman–Crippen MR) is 141 cm³/mol. The molecular weight excluding hydrogens is 454 g/mol. The van der Waals surface area contributed by atoms with Gasteiger partial charge in [0.15, 0.2) is 11.5 Å². The summed E-state index contributed by atoms with van der Waals surface area (Å²) in [6.45, 7) is 8.74. The van der Waals surface area contributed by atoms with Gasteiger partial charge in [-0.3, -0.25) is 9.58 Å². The fourth-order valence-corrected chi connectivity index (χ4v) is 4.67. The van der Waals surface area contributed by atoms with Gasteiger partial charge in [-0.25, -0.2) is 0 Å². The number of aryl methyl sites for hydroxylation is 2. The van der Waals surface area contributed by atoms with Gasteiger partial charge in [-0.05, 0) is 75.0 Å². The third-order valence-electron chi connectivity index (χ3n) is 6.92. The van der Waals surface area contributed by atoms with Crippen molar-refractivity contribution in [3.63, 3.8) is 0 Å². The molecule has 0 aliphatic carbocycles. The maximum absolute atomic E-state index is 6.14. The molecular formula is C29H39N3O4. The molecule has 4 rings (SSSR count). The largest absolute Gasteiger partial charge is 0.493 e. The van der Waals surface area contributed by atoms with Gasteiger partial charge >= 0.3 is 0 Å². The van der Waals surface area contributed by atoms with E-state index in [1.165, 1.54) is 11.1 Å². The number of methoxy groups -OCH3 is 2. The predicted octanol–water partition coefficient (Wildman–Crippen LogP) is 5.04. The molecule has 1 aromatic heterocycles. The Kier molecular flexibility index (Phi) is 8.88. The topological polar surface area (TPSA) is 58.0 Å². The summed E-state index contributed by atoms with van der Waals surface area (Å²) in [6.07, 6.45) is 6.85. The number of aromatic nitrogens is 2. The van der Waals surface area contributed by atoms with Crippen molar-refractivity contribution in [1.29, 1.82) is 0 Å². The average Bonchev–Trinajstić information content (AvgIpc) is 3.20. The summed E-state index contributed by atoms with van der Waals surface area (Å²) in [4.78, 5) is 2.49. The molecule has 1 saturated heterocycles. The van der Waals surface area contributed by atoms with E-state index < -0.39 is 0 Å². The van der Waals surface area contributed by atoms with Crippen molar-refractivity contribution < 1.29 is 18.9 Å². The van der Waals surface area contributed by atoms with Gasteiger partial charge in [-0.2, -0.15) is 5.10 Å². The zero-order chi connectivity index (χ0) is 25.4. The highest BCUT2D eigenvalue weighted by Crippen LogP contribution is 2.31. The van der Waals surface area contributed by atoms with Gasteiger partial charge in [0.05, 0.1) is 19.9 Å². The lowest BCUT2D eigenvalue weighted by molar-refractivity contribution is -0.0541. The molecule has 7 heteroatoms. The molecule has 0 saturated carbocycles. The molecule has 0 radical (unpaired) electrons. The van der Waals surface area contributed by atoms with Gasteiger partial charge in [0.2, 0.25) is 0 Å². The summed E-state index contributed by atoms with van der Waals surface area (Å²) in [7, 11) is 3.49. The van der Waals surface area contributed by atoms with Crippen LogP contribution in [-0.4, -0.2) is 60.8 Å². The minimum absolute atomic E-state index is 0.265. The Hall–Kier alpha value is -3.03. The van der Waals surface area contributed by atoms with Crippen LogP contribution in [0.15, 0.2) is 54.9 Å². The molecule has 194 valence electrons. The van der Waals surface area contributed by atoms with Crippen LogP contribution >= 0.6 is 0 Å². The zero-order valence-electron chi connectivity index (χ0n) is 22.0. The van der Waals surface area contributed by atoms with Crippen LogP contribution in [0.4, 0.5) is 0 Å². The van der Waals surface area contributed by atoms with Gasteiger partial charge in [0, 0.05) is 26.4 Å². The molecule has 1 unspecified atom stereocenters. The van der Waals surface area contributed by atoms with Crippen LogP contribution in [0.3, 0.4) is 0 Å². The van der Waals surface area contributed by atoms with Crippen LogP contribution in [0.1, 0.15) is 36.0 Å². The summed E-state index contributed by atoms with van der Waals surface area (Å²) in [5.41, 5.74) is 3.32. The third kappa shape index (κ3) is 7.02. The van der Waals surface area contributed by atoms with Crippen LogP contribution in [0, 0.1) is 13.8 Å². The Balaban J connectivity index is 1.33. The van der Waals surface area contributed by atoms with Crippen LogP contribution in [0.25, 0.3) is 0 Å². The molecule has 7 nitrogen and oxygen atoms in total. The molecule has 1 fully saturated rings. The number of hydrogen-bond donors (Lipinski definition) is 0. The highest BCUT2D eigenvalue weighted by Gasteiger charge is 2.33. The summed E-state index contributed by atoms with van der Waals surface area (Å²) in [5.74, 6) is 2.41. The Morgan fingerprint density at radius 2 is 1.75 bits per heavy atom. The molecule has 0 amide bonds. The lowest BCUT2D eigenvalue weighted by Gasteiger charge is -2.31. The molecule has 1 aliphatic heterocycles. The summed E-state index contributed by atoms with van der Waals surface area (Å²) < 4.78 is 25.7. The molecule has 1 aliphatic rings. The van der Waals surface area contributed by atoms with Crippen molar-refractivity contribution >= 4 is 0 Å². The summed E-state index contributed by atoms with van der Waals surface area (Å²) >= 11 is 0. The van der Waals surface area contributed by atoms with Crippen LogP contribution in [0.2, 0.25) is 0 Å². The zero-order valence-corrected chi connectivity index (χ0v) is 22.0.